The predicted octanol–water partition coefficient (Wildman–Crippen LogP) is 4.48. The van der Waals surface area contributed by atoms with E-state index in [-0.39, 0.29) is 5.56 Å². The molecule has 5 heteroatoms. The fraction of sp³-hybridized carbons (Fsp3) is 0.188. The van der Waals surface area contributed by atoms with Crippen LogP contribution in [0.2, 0.25) is 0 Å². The van der Waals surface area contributed by atoms with E-state index in [1.54, 1.807) is 12.1 Å². The van der Waals surface area contributed by atoms with Crippen LogP contribution in [-0.4, -0.2) is 5.91 Å². The third kappa shape index (κ3) is 3.42. The highest BCUT2D eigenvalue weighted by Gasteiger charge is 2.15. The predicted molar refractivity (Wildman–Crippen MR) is 74.8 cm³/mol. The summed E-state index contributed by atoms with van der Waals surface area (Å²) in [6.07, 6.45) is 0. The van der Waals surface area contributed by atoms with E-state index in [4.69, 9.17) is 0 Å². The molecular formula is C16H14F3NO. The van der Waals surface area contributed by atoms with E-state index >= 15 is 0 Å². The molecule has 0 aliphatic carbocycles. The first kappa shape index (κ1) is 15.1. The van der Waals surface area contributed by atoms with Crippen molar-refractivity contribution in [3.05, 3.63) is 65.0 Å². The number of anilines is 1. The Morgan fingerprint density at radius 2 is 1.52 bits per heavy atom. The Balaban J connectivity index is 2.18. The van der Waals surface area contributed by atoms with Gasteiger partial charge in [-0.05, 0) is 35.7 Å². The minimum Gasteiger partial charge on any atom is -0.322 e. The highest BCUT2D eigenvalue weighted by molar-refractivity contribution is 6.04. The number of carbonyl (C=O) groups excluding carboxylic acids is 1. The van der Waals surface area contributed by atoms with Gasteiger partial charge in [0, 0.05) is 11.3 Å². The molecule has 0 saturated carbocycles. The van der Waals surface area contributed by atoms with Crippen molar-refractivity contribution < 1.29 is 18.0 Å². The van der Waals surface area contributed by atoms with Crippen molar-refractivity contribution in [2.45, 2.75) is 19.8 Å². The quantitative estimate of drug-likeness (QED) is 0.831. The van der Waals surface area contributed by atoms with Crippen molar-refractivity contribution in [1.29, 1.82) is 0 Å². The minimum atomic E-state index is -1.59. The van der Waals surface area contributed by atoms with Crippen LogP contribution in [0.25, 0.3) is 0 Å². The van der Waals surface area contributed by atoms with Gasteiger partial charge in [0.2, 0.25) is 0 Å². The first-order valence-electron chi connectivity index (χ1n) is 6.44. The Hall–Kier alpha value is -2.30. The first-order chi connectivity index (χ1) is 9.88. The van der Waals surface area contributed by atoms with Crippen LogP contribution in [0.1, 0.15) is 35.7 Å². The summed E-state index contributed by atoms with van der Waals surface area (Å²) in [6, 6.07) is 8.43. The molecule has 0 aromatic heterocycles. The van der Waals surface area contributed by atoms with Crippen molar-refractivity contribution >= 4 is 11.6 Å². The SMILES string of the molecule is CC(C)c1ccc(NC(=O)c2cc(F)c(F)c(F)c2)cc1. The summed E-state index contributed by atoms with van der Waals surface area (Å²) < 4.78 is 39.0. The fourth-order valence-corrected chi connectivity index (χ4v) is 1.84. The van der Waals surface area contributed by atoms with Crippen LogP contribution in [0.15, 0.2) is 36.4 Å². The number of carbonyl (C=O) groups is 1. The van der Waals surface area contributed by atoms with Gasteiger partial charge in [-0.2, -0.15) is 0 Å². The highest BCUT2D eigenvalue weighted by Crippen LogP contribution is 2.19. The largest absolute Gasteiger partial charge is 0.322 e. The molecule has 21 heavy (non-hydrogen) atoms. The maximum Gasteiger partial charge on any atom is 0.255 e. The summed E-state index contributed by atoms with van der Waals surface area (Å²) in [4.78, 5) is 11.9. The molecule has 0 fully saturated rings. The Morgan fingerprint density at radius 1 is 1.00 bits per heavy atom. The number of benzene rings is 2. The van der Waals surface area contributed by atoms with Gasteiger partial charge in [-0.15, -0.1) is 0 Å². The Labute approximate surface area is 120 Å². The zero-order valence-electron chi connectivity index (χ0n) is 11.6. The molecule has 2 rings (SSSR count). The third-order valence-corrected chi connectivity index (χ3v) is 3.08. The van der Waals surface area contributed by atoms with Crippen LogP contribution in [0.4, 0.5) is 18.9 Å². The molecule has 0 aliphatic heterocycles. The smallest absolute Gasteiger partial charge is 0.255 e. The van der Waals surface area contributed by atoms with Gasteiger partial charge in [-0.25, -0.2) is 13.2 Å². The second-order valence-corrected chi connectivity index (χ2v) is 4.98. The zero-order chi connectivity index (χ0) is 15.6. The van der Waals surface area contributed by atoms with Crippen LogP contribution in [-0.2, 0) is 0 Å². The van der Waals surface area contributed by atoms with Crippen molar-refractivity contribution in [2.75, 3.05) is 5.32 Å². The highest BCUT2D eigenvalue weighted by atomic mass is 19.2. The van der Waals surface area contributed by atoms with E-state index in [9.17, 15) is 18.0 Å². The monoisotopic (exact) mass is 293 g/mol. The van der Waals surface area contributed by atoms with Crippen LogP contribution < -0.4 is 5.32 Å². The summed E-state index contributed by atoms with van der Waals surface area (Å²) in [5.74, 6) is -4.72. The van der Waals surface area contributed by atoms with Crippen LogP contribution >= 0.6 is 0 Å². The molecule has 2 nitrogen and oxygen atoms in total. The fourth-order valence-electron chi connectivity index (χ4n) is 1.84. The lowest BCUT2D eigenvalue weighted by molar-refractivity contribution is 0.102. The summed E-state index contributed by atoms with van der Waals surface area (Å²) in [5, 5.41) is 2.50. The van der Waals surface area contributed by atoms with E-state index in [1.165, 1.54) is 0 Å². The Kier molecular flexibility index (Phi) is 4.31. The van der Waals surface area contributed by atoms with E-state index in [2.05, 4.69) is 5.32 Å². The van der Waals surface area contributed by atoms with Crippen molar-refractivity contribution in [3.63, 3.8) is 0 Å². The average molecular weight is 293 g/mol. The molecule has 1 amide bonds. The van der Waals surface area contributed by atoms with E-state index in [1.807, 2.05) is 26.0 Å². The lowest BCUT2D eigenvalue weighted by Crippen LogP contribution is -2.13. The van der Waals surface area contributed by atoms with Gasteiger partial charge < -0.3 is 5.32 Å². The molecule has 0 atom stereocenters. The van der Waals surface area contributed by atoms with Crippen LogP contribution in [0.3, 0.4) is 0 Å². The van der Waals surface area contributed by atoms with Gasteiger partial charge in [0.05, 0.1) is 0 Å². The minimum absolute atomic E-state index is 0.278. The summed E-state index contributed by atoms with van der Waals surface area (Å²) in [7, 11) is 0. The molecule has 0 bridgehead atoms. The molecule has 0 radical (unpaired) electrons. The molecule has 0 heterocycles. The van der Waals surface area contributed by atoms with Gasteiger partial charge in [0.25, 0.3) is 5.91 Å². The normalized spacial score (nSPS) is 10.8. The summed E-state index contributed by atoms with van der Waals surface area (Å²) >= 11 is 0. The van der Waals surface area contributed by atoms with E-state index in [0.29, 0.717) is 23.7 Å². The molecule has 0 spiro atoms. The Morgan fingerprint density at radius 3 is 2.00 bits per heavy atom. The van der Waals surface area contributed by atoms with Crippen molar-refractivity contribution in [3.8, 4) is 0 Å². The molecule has 0 aliphatic rings. The Bertz CT molecular complexity index is 643. The molecule has 2 aromatic rings. The van der Waals surface area contributed by atoms with Gasteiger partial charge in [-0.1, -0.05) is 26.0 Å². The maximum absolute atomic E-state index is 13.1. The first-order valence-corrected chi connectivity index (χ1v) is 6.44. The number of amides is 1. The van der Waals surface area contributed by atoms with Crippen molar-refractivity contribution in [2.24, 2.45) is 0 Å². The molecular weight excluding hydrogens is 279 g/mol. The number of rotatable bonds is 3. The maximum atomic E-state index is 13.1. The average Bonchev–Trinajstić information content (AvgIpc) is 2.44. The number of nitrogens with one attached hydrogen (secondary N) is 1. The second kappa shape index (κ2) is 5.99. The molecule has 110 valence electrons. The number of hydrogen-bond donors (Lipinski definition) is 1. The number of halogens is 3. The molecule has 0 unspecified atom stereocenters. The topological polar surface area (TPSA) is 29.1 Å². The summed E-state index contributed by atoms with van der Waals surface area (Å²) in [6.45, 7) is 4.08. The zero-order valence-corrected chi connectivity index (χ0v) is 11.6. The van der Waals surface area contributed by atoms with Crippen molar-refractivity contribution in [1.82, 2.24) is 0 Å². The van der Waals surface area contributed by atoms with Crippen LogP contribution in [0, 0.1) is 17.5 Å². The molecule has 1 N–H and O–H groups in total. The van der Waals surface area contributed by atoms with E-state index < -0.39 is 23.4 Å². The van der Waals surface area contributed by atoms with Gasteiger partial charge in [0.1, 0.15) is 0 Å². The van der Waals surface area contributed by atoms with Gasteiger partial charge in [-0.3, -0.25) is 4.79 Å². The standard InChI is InChI=1S/C16H14F3NO/c1-9(2)10-3-5-12(6-4-10)20-16(21)11-7-13(17)15(19)14(18)8-11/h3-9H,1-2H3,(H,20,21). The lowest BCUT2D eigenvalue weighted by Gasteiger charge is -2.09. The summed E-state index contributed by atoms with van der Waals surface area (Å²) in [5.41, 5.74) is 1.32. The second-order valence-electron chi connectivity index (χ2n) is 4.98. The van der Waals surface area contributed by atoms with Crippen LogP contribution in [0.5, 0.6) is 0 Å². The molecule has 2 aromatic carbocycles. The molecule has 0 saturated heterocycles. The van der Waals surface area contributed by atoms with Gasteiger partial charge in [0.15, 0.2) is 17.5 Å². The number of hydrogen-bond acceptors (Lipinski definition) is 1. The van der Waals surface area contributed by atoms with E-state index in [0.717, 1.165) is 5.56 Å². The lowest BCUT2D eigenvalue weighted by atomic mass is 10.0. The van der Waals surface area contributed by atoms with Gasteiger partial charge >= 0.3 is 0 Å². The third-order valence-electron chi connectivity index (χ3n) is 3.08.